The Bertz CT molecular complexity index is 962. The number of carbonyl (C=O) groups is 2. The number of rotatable bonds is 1. The highest BCUT2D eigenvalue weighted by Gasteiger charge is 2.80. The highest BCUT2D eigenvalue weighted by Crippen LogP contribution is 2.72. The van der Waals surface area contributed by atoms with Crippen molar-refractivity contribution in [3.8, 4) is 0 Å². The SMILES string of the molecule is CC1(C)O[C@@H]2CC3C4CC(F)=C5CC(=O)C=CC5(C)[C@@]4(F)[C@@H](O)CC3(C)[C@]2(C(=O)S)O1. The lowest BCUT2D eigenvalue weighted by molar-refractivity contribution is -0.241. The lowest BCUT2D eigenvalue weighted by Gasteiger charge is -2.62. The molecule has 5 nitrogen and oxygen atoms in total. The van der Waals surface area contributed by atoms with Gasteiger partial charge in [0, 0.05) is 29.6 Å². The molecule has 170 valence electrons. The third kappa shape index (κ3) is 2.32. The fraction of sp³-hybridized carbons (Fsp3) is 0.739. The molecule has 4 unspecified atom stereocenters. The van der Waals surface area contributed by atoms with Crippen molar-refractivity contribution in [1.82, 2.24) is 0 Å². The number of carbonyl (C=O) groups excluding carboxylic acids is 2. The number of alkyl halides is 1. The van der Waals surface area contributed by atoms with Crippen molar-refractivity contribution in [3.05, 3.63) is 23.6 Å². The molecule has 5 rings (SSSR count). The number of aliphatic hydroxyl groups is 1. The van der Waals surface area contributed by atoms with Crippen LogP contribution >= 0.6 is 12.6 Å². The lowest BCUT2D eigenvalue weighted by atomic mass is 9.45. The second kappa shape index (κ2) is 6.07. The minimum Gasteiger partial charge on any atom is -0.390 e. The zero-order valence-electron chi connectivity index (χ0n) is 18.1. The van der Waals surface area contributed by atoms with Crippen LogP contribution in [0.15, 0.2) is 23.6 Å². The van der Waals surface area contributed by atoms with Gasteiger partial charge in [-0.1, -0.05) is 13.0 Å². The highest BCUT2D eigenvalue weighted by molar-refractivity contribution is 7.96. The standard InChI is InChI=1S/C23H28F2O5S/c1-19(2)29-17-9-12-13-8-15(24)14-7-11(26)5-6-20(14,3)22(13,25)16(27)10-21(12,4)23(17,30-19)18(28)31/h5-6,12-13,16-17,27H,7-10H2,1-4H3,(H,28,31)/t12?,13?,16-,17+,20?,21?,22-,23-/m0/s1. The van der Waals surface area contributed by atoms with Crippen LogP contribution in [0.2, 0.25) is 0 Å². The molecular formula is C23H28F2O5S. The van der Waals surface area contributed by atoms with Gasteiger partial charge in [-0.15, -0.1) is 12.6 Å². The first-order chi connectivity index (χ1) is 14.2. The second-order valence-electron chi connectivity index (χ2n) is 10.8. The number of thiol groups is 1. The Kier molecular flexibility index (Phi) is 4.26. The molecule has 0 aromatic carbocycles. The molecule has 0 radical (unpaired) electrons. The molecule has 0 bridgehead atoms. The van der Waals surface area contributed by atoms with Crippen LogP contribution in [0.3, 0.4) is 0 Å². The summed E-state index contributed by atoms with van der Waals surface area (Å²) in [5.41, 5.74) is -5.95. The van der Waals surface area contributed by atoms with Crippen molar-refractivity contribution in [1.29, 1.82) is 0 Å². The molecule has 4 aliphatic carbocycles. The molecule has 0 spiro atoms. The van der Waals surface area contributed by atoms with E-state index in [4.69, 9.17) is 9.47 Å². The Hall–Kier alpha value is -1.09. The van der Waals surface area contributed by atoms with Crippen LogP contribution < -0.4 is 0 Å². The van der Waals surface area contributed by atoms with E-state index >= 15 is 8.78 Å². The van der Waals surface area contributed by atoms with Crippen LogP contribution in [0.25, 0.3) is 0 Å². The molecule has 3 fully saturated rings. The monoisotopic (exact) mass is 454 g/mol. The number of ketones is 1. The molecule has 8 heteroatoms. The summed E-state index contributed by atoms with van der Waals surface area (Å²) in [4.78, 5) is 24.8. The molecule has 1 N–H and O–H groups in total. The first kappa shape index (κ1) is 21.7. The summed E-state index contributed by atoms with van der Waals surface area (Å²) in [6.45, 7) is 6.79. The van der Waals surface area contributed by atoms with E-state index in [-0.39, 0.29) is 30.6 Å². The van der Waals surface area contributed by atoms with Gasteiger partial charge in [0.1, 0.15) is 5.83 Å². The Morgan fingerprint density at radius 2 is 1.94 bits per heavy atom. The lowest BCUT2D eigenvalue weighted by Crippen LogP contribution is -2.69. The minimum absolute atomic E-state index is 0.0564. The Balaban J connectivity index is 1.67. The van der Waals surface area contributed by atoms with Gasteiger partial charge in [0.2, 0.25) is 5.12 Å². The molecule has 8 atom stereocenters. The van der Waals surface area contributed by atoms with Gasteiger partial charge < -0.3 is 14.6 Å². The van der Waals surface area contributed by atoms with Crippen LogP contribution in [0.5, 0.6) is 0 Å². The Morgan fingerprint density at radius 3 is 2.58 bits per heavy atom. The first-order valence-corrected chi connectivity index (χ1v) is 11.3. The summed E-state index contributed by atoms with van der Waals surface area (Å²) >= 11 is 4.14. The van der Waals surface area contributed by atoms with Crippen LogP contribution in [-0.4, -0.2) is 45.3 Å². The van der Waals surface area contributed by atoms with Gasteiger partial charge in [0.05, 0.1) is 12.2 Å². The third-order valence-corrected chi connectivity index (χ3v) is 9.30. The topological polar surface area (TPSA) is 72.8 Å². The van der Waals surface area contributed by atoms with E-state index in [1.54, 1.807) is 27.7 Å². The van der Waals surface area contributed by atoms with Gasteiger partial charge in [-0.05, 0) is 51.2 Å². The number of halogens is 2. The molecular weight excluding hydrogens is 426 g/mol. The summed E-state index contributed by atoms with van der Waals surface area (Å²) in [5.74, 6) is -3.19. The number of fused-ring (bicyclic) bond motifs is 7. The molecule has 0 aromatic heterocycles. The molecule has 31 heavy (non-hydrogen) atoms. The first-order valence-electron chi connectivity index (χ1n) is 10.8. The predicted octanol–water partition coefficient (Wildman–Crippen LogP) is 3.61. The fourth-order valence-corrected chi connectivity index (χ4v) is 8.09. The van der Waals surface area contributed by atoms with Crippen molar-refractivity contribution in [2.75, 3.05) is 0 Å². The van der Waals surface area contributed by atoms with Gasteiger partial charge in [0.25, 0.3) is 0 Å². The second-order valence-corrected chi connectivity index (χ2v) is 11.2. The van der Waals surface area contributed by atoms with Gasteiger partial charge in [-0.25, -0.2) is 8.78 Å². The fourth-order valence-electron chi connectivity index (χ4n) is 7.65. The van der Waals surface area contributed by atoms with Crippen LogP contribution in [0.1, 0.15) is 53.4 Å². The molecule has 2 saturated carbocycles. The number of ether oxygens (including phenoxy) is 2. The Labute approximate surface area is 185 Å². The minimum atomic E-state index is -2.19. The zero-order valence-corrected chi connectivity index (χ0v) is 19.0. The largest absolute Gasteiger partial charge is 0.390 e. The summed E-state index contributed by atoms with van der Waals surface area (Å²) in [7, 11) is 0. The Morgan fingerprint density at radius 1 is 1.26 bits per heavy atom. The quantitative estimate of drug-likeness (QED) is 0.593. The maximum Gasteiger partial charge on any atom is 0.221 e. The summed E-state index contributed by atoms with van der Waals surface area (Å²) in [6, 6.07) is 0. The number of hydrogen-bond donors (Lipinski definition) is 2. The third-order valence-electron chi connectivity index (χ3n) is 8.97. The van der Waals surface area contributed by atoms with E-state index in [0.29, 0.717) is 6.42 Å². The van der Waals surface area contributed by atoms with Gasteiger partial charge in [0.15, 0.2) is 22.8 Å². The van der Waals surface area contributed by atoms with Crippen molar-refractivity contribution in [3.63, 3.8) is 0 Å². The van der Waals surface area contributed by atoms with Crippen molar-refractivity contribution < 1.29 is 33.0 Å². The summed E-state index contributed by atoms with van der Waals surface area (Å²) in [6.07, 6.45) is 0.383. The van der Waals surface area contributed by atoms with Crippen molar-refractivity contribution >= 4 is 23.5 Å². The van der Waals surface area contributed by atoms with E-state index in [1.165, 1.54) is 12.2 Å². The number of hydrogen-bond acceptors (Lipinski definition) is 5. The van der Waals surface area contributed by atoms with Crippen molar-refractivity contribution in [2.45, 2.75) is 82.6 Å². The van der Waals surface area contributed by atoms with Gasteiger partial charge in [-0.2, -0.15) is 0 Å². The van der Waals surface area contributed by atoms with Crippen LogP contribution in [0, 0.1) is 22.7 Å². The van der Waals surface area contributed by atoms with E-state index in [0.717, 1.165) is 0 Å². The predicted molar refractivity (Wildman–Crippen MR) is 111 cm³/mol. The smallest absolute Gasteiger partial charge is 0.221 e. The molecule has 0 amide bonds. The number of allylic oxidation sites excluding steroid dienone is 4. The van der Waals surface area contributed by atoms with Gasteiger partial charge in [-0.3, -0.25) is 9.59 Å². The van der Waals surface area contributed by atoms with E-state index in [9.17, 15) is 14.7 Å². The molecule has 1 aliphatic heterocycles. The number of aliphatic hydroxyl groups excluding tert-OH is 1. The van der Waals surface area contributed by atoms with E-state index in [1.807, 2.05) is 0 Å². The summed E-state index contributed by atoms with van der Waals surface area (Å²) in [5, 5.41) is 10.8. The zero-order chi connectivity index (χ0) is 22.8. The molecule has 5 aliphatic rings. The molecule has 1 saturated heterocycles. The van der Waals surface area contributed by atoms with Crippen LogP contribution in [-0.2, 0) is 19.1 Å². The van der Waals surface area contributed by atoms with Gasteiger partial charge >= 0.3 is 0 Å². The normalized spacial score (nSPS) is 52.5. The van der Waals surface area contributed by atoms with Crippen LogP contribution in [0.4, 0.5) is 8.78 Å². The average Bonchev–Trinajstić information content (AvgIpc) is 3.06. The average molecular weight is 455 g/mol. The van der Waals surface area contributed by atoms with Crippen molar-refractivity contribution in [2.24, 2.45) is 22.7 Å². The summed E-state index contributed by atoms with van der Waals surface area (Å²) < 4.78 is 44.7. The molecule has 1 heterocycles. The van der Waals surface area contributed by atoms with E-state index < -0.39 is 62.9 Å². The molecule has 0 aromatic rings. The maximum absolute atomic E-state index is 17.1. The highest BCUT2D eigenvalue weighted by atomic mass is 32.1. The maximum atomic E-state index is 17.1. The van der Waals surface area contributed by atoms with E-state index in [2.05, 4.69) is 12.6 Å².